The Balaban J connectivity index is 2.14. The normalized spacial score (nSPS) is 9.91. The van der Waals surface area contributed by atoms with Crippen molar-refractivity contribution in [3.8, 4) is 12.1 Å². The molecule has 6 nitrogen and oxygen atoms in total. The van der Waals surface area contributed by atoms with Gasteiger partial charge in [0.25, 0.3) is 0 Å². The summed E-state index contributed by atoms with van der Waals surface area (Å²) in [5, 5.41) is 21.0. The maximum Gasteiger partial charge on any atom is 0.230 e. The fraction of sp³-hybridized carbons (Fsp3) is 0. The second-order valence-electron chi connectivity index (χ2n) is 4.42. The van der Waals surface area contributed by atoms with Crippen LogP contribution in [0.4, 0.5) is 5.69 Å². The van der Waals surface area contributed by atoms with E-state index < -0.39 is 0 Å². The topological polar surface area (TPSA) is 103 Å². The third-order valence-corrected chi connectivity index (χ3v) is 3.07. The molecule has 0 amide bonds. The molecule has 0 aliphatic rings. The minimum Gasteiger partial charge on any atom is -0.437 e. The van der Waals surface area contributed by atoms with Gasteiger partial charge in [0.05, 0.1) is 10.8 Å². The molecule has 0 bridgehead atoms. The molecule has 2 aromatic heterocycles. The number of anilines is 1. The lowest BCUT2D eigenvalue weighted by molar-refractivity contribution is 0.645. The number of fused-ring (bicyclic) bond motifs is 2. The van der Waals surface area contributed by atoms with E-state index in [1.807, 2.05) is 0 Å². The van der Waals surface area contributed by atoms with Crippen LogP contribution in [0, 0.1) is 22.7 Å². The van der Waals surface area contributed by atoms with Gasteiger partial charge in [0.1, 0.15) is 23.3 Å². The van der Waals surface area contributed by atoms with Crippen LogP contribution in [0.15, 0.2) is 57.5 Å². The number of hydrogen-bond acceptors (Lipinski definition) is 6. The Hall–Kier alpha value is -3.64. The highest BCUT2D eigenvalue weighted by Crippen LogP contribution is 2.20. The van der Waals surface area contributed by atoms with E-state index in [-0.39, 0.29) is 16.7 Å². The van der Waals surface area contributed by atoms with Crippen molar-refractivity contribution in [3.63, 3.8) is 0 Å². The van der Waals surface area contributed by atoms with Gasteiger partial charge in [0.15, 0.2) is 0 Å². The zero-order valence-corrected chi connectivity index (χ0v) is 11.2. The largest absolute Gasteiger partial charge is 0.437 e. The lowest BCUT2D eigenvalue weighted by atomic mass is 10.1. The molecule has 2 heterocycles. The lowest BCUT2D eigenvalue weighted by Crippen LogP contribution is -2.03. The molecule has 104 valence electrons. The van der Waals surface area contributed by atoms with Gasteiger partial charge in [-0.25, -0.2) is 4.98 Å². The average Bonchev–Trinajstić information content (AvgIpc) is 2.56. The summed E-state index contributed by atoms with van der Waals surface area (Å²) in [4.78, 5) is 16.5. The van der Waals surface area contributed by atoms with Crippen LogP contribution in [-0.2, 0) is 0 Å². The first-order chi connectivity index (χ1) is 10.7. The Morgan fingerprint density at radius 2 is 2.05 bits per heavy atom. The van der Waals surface area contributed by atoms with Crippen LogP contribution in [0.25, 0.3) is 22.1 Å². The van der Waals surface area contributed by atoms with Crippen molar-refractivity contribution in [3.05, 3.63) is 58.5 Å². The molecule has 0 fully saturated rings. The second-order valence-corrected chi connectivity index (χ2v) is 4.42. The SMILES string of the molecule is N#CC(C#N)=CNc1ccc2oc3ncccc3c(=O)c2c1. The van der Waals surface area contributed by atoms with Gasteiger partial charge in [-0.05, 0) is 30.3 Å². The standard InChI is InChI=1S/C16H8N4O2/c17-7-10(8-18)9-20-11-3-4-14-13(6-11)15(21)12-2-1-5-19-16(12)22-14/h1-6,9,20H. The highest BCUT2D eigenvalue weighted by Gasteiger charge is 2.08. The summed E-state index contributed by atoms with van der Waals surface area (Å²) in [6.45, 7) is 0. The number of nitrogens with one attached hydrogen (secondary N) is 1. The zero-order chi connectivity index (χ0) is 15.5. The second kappa shape index (κ2) is 5.39. The Morgan fingerprint density at radius 3 is 2.82 bits per heavy atom. The molecular formula is C16H8N4O2. The van der Waals surface area contributed by atoms with Crippen molar-refractivity contribution in [1.29, 1.82) is 10.5 Å². The van der Waals surface area contributed by atoms with Crippen molar-refractivity contribution in [2.75, 3.05) is 5.32 Å². The molecule has 0 spiro atoms. The zero-order valence-electron chi connectivity index (χ0n) is 11.2. The lowest BCUT2D eigenvalue weighted by Gasteiger charge is -2.04. The molecule has 0 aliphatic heterocycles. The highest BCUT2D eigenvalue weighted by atomic mass is 16.3. The van der Waals surface area contributed by atoms with Crippen molar-refractivity contribution in [2.24, 2.45) is 0 Å². The van der Waals surface area contributed by atoms with Crippen molar-refractivity contribution in [2.45, 2.75) is 0 Å². The third kappa shape index (κ3) is 2.26. The summed E-state index contributed by atoms with van der Waals surface area (Å²) in [6, 6.07) is 11.7. The predicted octanol–water partition coefficient (Wildman–Crippen LogP) is 2.68. The number of aromatic nitrogens is 1. The fourth-order valence-electron chi connectivity index (χ4n) is 2.03. The van der Waals surface area contributed by atoms with E-state index in [2.05, 4.69) is 10.3 Å². The van der Waals surface area contributed by atoms with Gasteiger partial charge in [0, 0.05) is 18.1 Å². The van der Waals surface area contributed by atoms with E-state index in [0.717, 1.165) is 0 Å². The summed E-state index contributed by atoms with van der Waals surface area (Å²) in [6.07, 6.45) is 2.84. The van der Waals surface area contributed by atoms with E-state index >= 15 is 0 Å². The molecule has 1 N–H and O–H groups in total. The highest BCUT2D eigenvalue weighted by molar-refractivity contribution is 5.89. The molecule has 0 saturated heterocycles. The smallest absolute Gasteiger partial charge is 0.230 e. The number of nitrogens with zero attached hydrogens (tertiary/aromatic N) is 3. The van der Waals surface area contributed by atoms with Crippen LogP contribution in [0.5, 0.6) is 0 Å². The van der Waals surface area contributed by atoms with Crippen LogP contribution in [0.3, 0.4) is 0 Å². The van der Waals surface area contributed by atoms with Crippen molar-refractivity contribution in [1.82, 2.24) is 4.98 Å². The molecule has 0 radical (unpaired) electrons. The molecule has 3 aromatic rings. The van der Waals surface area contributed by atoms with E-state index in [1.54, 1.807) is 48.7 Å². The molecule has 0 saturated carbocycles. The van der Waals surface area contributed by atoms with Gasteiger partial charge >= 0.3 is 0 Å². The number of rotatable bonds is 2. The first-order valence-electron chi connectivity index (χ1n) is 6.31. The van der Waals surface area contributed by atoms with Gasteiger partial charge < -0.3 is 9.73 Å². The molecule has 6 heteroatoms. The maximum absolute atomic E-state index is 12.4. The minimum absolute atomic E-state index is 0.0603. The van der Waals surface area contributed by atoms with Crippen LogP contribution in [-0.4, -0.2) is 4.98 Å². The summed E-state index contributed by atoms with van der Waals surface area (Å²) in [5.74, 6) is 0. The quantitative estimate of drug-likeness (QED) is 0.574. The molecule has 3 rings (SSSR count). The van der Waals surface area contributed by atoms with Crippen LogP contribution in [0.2, 0.25) is 0 Å². The molecule has 22 heavy (non-hydrogen) atoms. The summed E-state index contributed by atoms with van der Waals surface area (Å²) in [7, 11) is 0. The van der Waals surface area contributed by atoms with Gasteiger partial charge in [-0.15, -0.1) is 0 Å². The Bertz CT molecular complexity index is 1040. The van der Waals surface area contributed by atoms with Crippen LogP contribution >= 0.6 is 0 Å². The maximum atomic E-state index is 12.4. The third-order valence-electron chi connectivity index (χ3n) is 3.07. The van der Waals surface area contributed by atoms with E-state index in [9.17, 15) is 4.79 Å². The number of hydrogen-bond donors (Lipinski definition) is 1. The Kier molecular flexibility index (Phi) is 3.27. The van der Waals surface area contributed by atoms with Crippen molar-refractivity contribution < 1.29 is 4.42 Å². The molecule has 0 aliphatic carbocycles. The Morgan fingerprint density at radius 1 is 1.23 bits per heavy atom. The molecule has 1 aromatic carbocycles. The predicted molar refractivity (Wildman–Crippen MR) is 80.7 cm³/mol. The van der Waals surface area contributed by atoms with Gasteiger partial charge in [-0.3, -0.25) is 4.79 Å². The van der Waals surface area contributed by atoms with Crippen LogP contribution in [0.1, 0.15) is 0 Å². The van der Waals surface area contributed by atoms with Crippen LogP contribution < -0.4 is 10.7 Å². The number of allylic oxidation sites excluding steroid dienone is 1. The number of benzene rings is 1. The summed E-state index contributed by atoms with van der Waals surface area (Å²) in [5.41, 5.74) is 1.04. The van der Waals surface area contributed by atoms with Gasteiger partial charge in [-0.1, -0.05) is 0 Å². The van der Waals surface area contributed by atoms with Gasteiger partial charge in [0.2, 0.25) is 11.1 Å². The van der Waals surface area contributed by atoms with Gasteiger partial charge in [-0.2, -0.15) is 10.5 Å². The minimum atomic E-state index is -0.183. The first-order valence-corrected chi connectivity index (χ1v) is 6.31. The van der Waals surface area contributed by atoms with E-state index in [0.29, 0.717) is 22.0 Å². The number of nitriles is 2. The molecule has 0 unspecified atom stereocenters. The van der Waals surface area contributed by atoms with Crippen molar-refractivity contribution >= 4 is 27.8 Å². The van der Waals surface area contributed by atoms with E-state index in [1.165, 1.54) is 6.20 Å². The fourth-order valence-corrected chi connectivity index (χ4v) is 2.03. The molecular weight excluding hydrogens is 280 g/mol. The summed E-state index contributed by atoms with van der Waals surface area (Å²) >= 11 is 0. The van der Waals surface area contributed by atoms with E-state index in [4.69, 9.17) is 14.9 Å². The summed E-state index contributed by atoms with van der Waals surface area (Å²) < 4.78 is 5.59. The Labute approximate surface area is 124 Å². The number of pyridine rings is 1. The first kappa shape index (κ1) is 13.3. The average molecular weight is 288 g/mol. The monoisotopic (exact) mass is 288 g/mol. The molecule has 0 atom stereocenters.